The lowest BCUT2D eigenvalue weighted by atomic mass is 10.5. The monoisotopic (exact) mass is 112 g/mol. The molecule has 1 heterocycles. The van der Waals surface area contributed by atoms with Crippen molar-refractivity contribution in [2.75, 3.05) is 5.73 Å². The van der Waals surface area contributed by atoms with E-state index < -0.39 is 5.95 Å². The number of hydrogen-bond acceptors (Lipinski definition) is 2. The fourth-order valence-electron chi connectivity index (χ4n) is 0.340. The maximum atomic E-state index is 12.0. The van der Waals surface area contributed by atoms with E-state index in [0.29, 0.717) is 0 Å². The molecule has 0 aliphatic rings. The van der Waals surface area contributed by atoms with Crippen LogP contribution in [0.2, 0.25) is 0 Å². The van der Waals surface area contributed by atoms with E-state index in [-0.39, 0.29) is 11.9 Å². The summed E-state index contributed by atoms with van der Waals surface area (Å²) >= 11 is 0. The van der Waals surface area contributed by atoms with Gasteiger partial charge in [-0.3, -0.25) is 0 Å². The predicted octanol–water partition coefficient (Wildman–Crippen LogP) is 0.603. The van der Waals surface area contributed by atoms with Crippen molar-refractivity contribution in [2.45, 2.75) is 0 Å². The second kappa shape index (κ2) is 1.78. The highest BCUT2D eigenvalue weighted by Crippen LogP contribution is 1.95. The first-order valence-corrected chi connectivity index (χ1v) is 2.00. The third-order valence-electron chi connectivity index (χ3n) is 0.630. The molecule has 8 heavy (non-hydrogen) atoms. The highest BCUT2D eigenvalue weighted by atomic mass is 19.1. The molecular weight excluding hydrogens is 107 g/mol. The van der Waals surface area contributed by atoms with Gasteiger partial charge in [0.1, 0.15) is 5.82 Å². The van der Waals surface area contributed by atoms with E-state index in [1.807, 2.05) is 0 Å². The first kappa shape index (κ1) is 3.83. The molecule has 2 N–H and O–H groups in total. The standard InChI is InChI=1S/C5H4FN2/c6-4-2-1-3-5(7)8-4/h1,3H,(H2,7,8)/i3D. The molecule has 0 unspecified atom stereocenters. The SMILES string of the molecule is [2H]c1c[c]c(F)nc1N. The molecule has 0 fully saturated rings. The molecule has 0 bridgehead atoms. The maximum absolute atomic E-state index is 12.0. The van der Waals surface area contributed by atoms with Crippen LogP contribution in [-0.4, -0.2) is 4.98 Å². The summed E-state index contributed by atoms with van der Waals surface area (Å²) in [6.07, 6.45) is 0. The number of pyridine rings is 1. The largest absolute Gasteiger partial charge is 0.384 e. The van der Waals surface area contributed by atoms with Crippen LogP contribution < -0.4 is 5.73 Å². The summed E-state index contributed by atoms with van der Waals surface area (Å²) in [4.78, 5) is 3.14. The van der Waals surface area contributed by atoms with Crippen LogP contribution in [0, 0.1) is 12.0 Å². The highest BCUT2D eigenvalue weighted by molar-refractivity contribution is 5.25. The number of anilines is 1. The lowest BCUT2D eigenvalue weighted by molar-refractivity contribution is 0.583. The van der Waals surface area contributed by atoms with Crippen LogP contribution in [0.1, 0.15) is 1.37 Å². The van der Waals surface area contributed by atoms with Gasteiger partial charge in [-0.2, -0.15) is 4.39 Å². The molecule has 0 aliphatic carbocycles. The van der Waals surface area contributed by atoms with Gasteiger partial charge in [-0.25, -0.2) is 4.98 Å². The molecular formula is C5H4FN2. The smallest absolute Gasteiger partial charge is 0.222 e. The lowest BCUT2D eigenvalue weighted by Crippen LogP contribution is -1.90. The van der Waals surface area contributed by atoms with Crippen LogP contribution in [0.25, 0.3) is 0 Å². The molecule has 0 atom stereocenters. The normalized spacial score (nSPS) is 10.9. The predicted molar refractivity (Wildman–Crippen MR) is 27.4 cm³/mol. The van der Waals surface area contributed by atoms with Gasteiger partial charge < -0.3 is 5.73 Å². The molecule has 0 amide bonds. The Kier molecular flexibility index (Phi) is 0.850. The van der Waals surface area contributed by atoms with Gasteiger partial charge in [0.15, 0.2) is 0 Å². The van der Waals surface area contributed by atoms with E-state index in [1.54, 1.807) is 0 Å². The summed E-state index contributed by atoms with van der Waals surface area (Å²) in [6.45, 7) is 0. The van der Waals surface area contributed by atoms with Crippen molar-refractivity contribution in [1.29, 1.82) is 0 Å². The molecule has 1 rings (SSSR count). The van der Waals surface area contributed by atoms with Crippen LogP contribution in [0.4, 0.5) is 10.2 Å². The minimum atomic E-state index is -0.775. The third kappa shape index (κ3) is 0.932. The van der Waals surface area contributed by atoms with Crippen molar-refractivity contribution in [3.05, 3.63) is 24.1 Å². The Labute approximate surface area is 47.6 Å². The van der Waals surface area contributed by atoms with Crippen molar-refractivity contribution >= 4 is 5.82 Å². The Morgan fingerprint density at radius 2 is 2.75 bits per heavy atom. The number of aromatic nitrogens is 1. The maximum Gasteiger partial charge on any atom is 0.222 e. The Hall–Kier alpha value is -1.12. The second-order valence-electron chi connectivity index (χ2n) is 1.22. The molecule has 2 nitrogen and oxygen atoms in total. The summed E-state index contributed by atoms with van der Waals surface area (Å²) in [5.74, 6) is -0.880. The quantitative estimate of drug-likeness (QED) is 0.499. The van der Waals surface area contributed by atoms with Crippen LogP contribution in [-0.2, 0) is 0 Å². The zero-order valence-corrected chi connectivity index (χ0v) is 3.98. The summed E-state index contributed by atoms with van der Waals surface area (Å²) in [6, 6.07) is 3.23. The number of rotatable bonds is 0. The molecule has 1 radical (unpaired) electrons. The van der Waals surface area contributed by atoms with Gasteiger partial charge in [0.2, 0.25) is 5.95 Å². The van der Waals surface area contributed by atoms with Crippen molar-refractivity contribution < 1.29 is 5.76 Å². The molecule has 1 aromatic rings. The topological polar surface area (TPSA) is 38.9 Å². The lowest BCUT2D eigenvalue weighted by Gasteiger charge is -1.86. The Morgan fingerprint density at radius 1 is 2.00 bits per heavy atom. The Balaban J connectivity index is 3.17. The van der Waals surface area contributed by atoms with E-state index in [4.69, 9.17) is 7.10 Å². The molecule has 0 saturated heterocycles. The summed E-state index contributed by atoms with van der Waals surface area (Å²) in [5.41, 5.74) is 5.06. The number of hydrogen-bond donors (Lipinski definition) is 1. The van der Waals surface area contributed by atoms with E-state index in [0.717, 1.165) is 6.07 Å². The van der Waals surface area contributed by atoms with E-state index in [1.165, 1.54) is 0 Å². The van der Waals surface area contributed by atoms with Crippen LogP contribution in [0.5, 0.6) is 0 Å². The average molecular weight is 112 g/mol. The fourth-order valence-corrected chi connectivity index (χ4v) is 0.340. The number of halogens is 1. The molecule has 3 heteroatoms. The van der Waals surface area contributed by atoms with Gasteiger partial charge in [0, 0.05) is 6.07 Å². The number of nitrogen functional groups attached to an aromatic ring is 1. The van der Waals surface area contributed by atoms with Gasteiger partial charge >= 0.3 is 0 Å². The van der Waals surface area contributed by atoms with Gasteiger partial charge in [-0.1, -0.05) is 0 Å². The average Bonchev–Trinajstić information content (AvgIpc) is 1.80. The highest BCUT2D eigenvalue weighted by Gasteiger charge is 1.87. The van der Waals surface area contributed by atoms with Crippen molar-refractivity contribution in [3.63, 3.8) is 0 Å². The third-order valence-corrected chi connectivity index (χ3v) is 0.630. The molecule has 41 valence electrons. The molecule has 0 aliphatic heterocycles. The Bertz CT molecular complexity index is 226. The second-order valence-corrected chi connectivity index (χ2v) is 1.22. The van der Waals surface area contributed by atoms with Crippen molar-refractivity contribution in [1.82, 2.24) is 4.98 Å². The summed E-state index contributed by atoms with van der Waals surface area (Å²) in [5, 5.41) is 0. The van der Waals surface area contributed by atoms with E-state index in [2.05, 4.69) is 11.1 Å². The van der Waals surface area contributed by atoms with E-state index in [9.17, 15) is 4.39 Å². The van der Waals surface area contributed by atoms with Crippen LogP contribution in [0.15, 0.2) is 12.1 Å². The van der Waals surface area contributed by atoms with Crippen molar-refractivity contribution in [3.8, 4) is 0 Å². The first-order valence-electron chi connectivity index (χ1n) is 2.50. The molecule has 0 aromatic carbocycles. The summed E-state index contributed by atoms with van der Waals surface area (Å²) < 4.78 is 18.9. The zero-order valence-electron chi connectivity index (χ0n) is 4.98. The number of nitrogens with two attached hydrogens (primary N) is 1. The minimum absolute atomic E-state index is 0.00333. The first-order chi connectivity index (χ1) is 4.20. The van der Waals surface area contributed by atoms with E-state index >= 15 is 0 Å². The van der Waals surface area contributed by atoms with Gasteiger partial charge in [-0.15, -0.1) is 0 Å². The minimum Gasteiger partial charge on any atom is -0.384 e. The molecule has 1 aromatic heterocycles. The number of nitrogens with zero attached hydrogens (tertiary/aromatic N) is 1. The van der Waals surface area contributed by atoms with Crippen LogP contribution >= 0.6 is 0 Å². The summed E-state index contributed by atoms with van der Waals surface area (Å²) in [7, 11) is 0. The van der Waals surface area contributed by atoms with Crippen LogP contribution in [0.3, 0.4) is 0 Å². The van der Waals surface area contributed by atoms with Gasteiger partial charge in [0.05, 0.1) is 1.37 Å². The van der Waals surface area contributed by atoms with Gasteiger partial charge in [-0.05, 0) is 12.1 Å². The van der Waals surface area contributed by atoms with Crippen molar-refractivity contribution in [2.24, 2.45) is 0 Å². The Morgan fingerprint density at radius 3 is 3.25 bits per heavy atom. The molecule has 0 saturated carbocycles. The zero-order chi connectivity index (χ0) is 6.85. The fraction of sp³-hybridized carbons (Fsp3) is 0. The molecule has 0 spiro atoms. The van der Waals surface area contributed by atoms with Gasteiger partial charge in [0.25, 0.3) is 0 Å².